The molecule has 0 bridgehead atoms. The summed E-state index contributed by atoms with van der Waals surface area (Å²) in [6.45, 7) is 4.30. The zero-order valence-electron chi connectivity index (χ0n) is 22.1. The molecule has 0 spiro atoms. The maximum absolute atomic E-state index is 11.7. The zero-order valence-corrected chi connectivity index (χ0v) is 23.6. The first-order chi connectivity index (χ1) is 19.4. The Labute approximate surface area is 244 Å². The van der Waals surface area contributed by atoms with E-state index in [-0.39, 0.29) is 17.6 Å². The van der Waals surface area contributed by atoms with Crippen LogP contribution >= 0.6 is 23.8 Å². The summed E-state index contributed by atoms with van der Waals surface area (Å²) in [4.78, 5) is 20.8. The average Bonchev–Trinajstić information content (AvgIpc) is 3.58. The van der Waals surface area contributed by atoms with Gasteiger partial charge in [0.1, 0.15) is 6.04 Å². The Morgan fingerprint density at radius 1 is 1.02 bits per heavy atom. The van der Waals surface area contributed by atoms with E-state index < -0.39 is 5.97 Å². The van der Waals surface area contributed by atoms with Crippen molar-refractivity contribution in [2.45, 2.75) is 31.8 Å². The van der Waals surface area contributed by atoms with Gasteiger partial charge in [-0.15, -0.1) is 0 Å². The third-order valence-corrected chi connectivity index (χ3v) is 8.50. The lowest BCUT2D eigenvalue weighted by molar-refractivity contribution is 0.0697. The number of halogens is 1. The summed E-state index contributed by atoms with van der Waals surface area (Å²) >= 11 is 12.8. The van der Waals surface area contributed by atoms with Gasteiger partial charge in [-0.25, -0.2) is 4.79 Å². The van der Waals surface area contributed by atoms with Crippen molar-refractivity contribution in [3.8, 4) is 5.69 Å². The first kappa shape index (κ1) is 26.3. The molecule has 2 aliphatic heterocycles. The van der Waals surface area contributed by atoms with Gasteiger partial charge in [-0.1, -0.05) is 30.7 Å². The lowest BCUT2D eigenvalue weighted by Gasteiger charge is -2.33. The minimum atomic E-state index is -0.967. The Balaban J connectivity index is 1.43. The number of benzene rings is 2. The van der Waals surface area contributed by atoms with Crippen molar-refractivity contribution in [2.24, 2.45) is 5.92 Å². The molecule has 2 N–H and O–H groups in total. The number of nitrogens with one attached hydrogen (secondary N) is 1. The van der Waals surface area contributed by atoms with Crippen LogP contribution in [0.2, 0.25) is 5.02 Å². The number of aromatic carboxylic acids is 1. The minimum Gasteiger partial charge on any atom is -0.478 e. The van der Waals surface area contributed by atoms with Gasteiger partial charge >= 0.3 is 5.97 Å². The van der Waals surface area contributed by atoms with Gasteiger partial charge in [-0.05, 0) is 91.6 Å². The molecule has 6 rings (SSSR count). The first-order valence-corrected chi connectivity index (χ1v) is 14.3. The van der Waals surface area contributed by atoms with E-state index in [9.17, 15) is 9.90 Å². The summed E-state index contributed by atoms with van der Waals surface area (Å²) < 4.78 is 2.01. The number of aromatic nitrogens is 2. The van der Waals surface area contributed by atoms with Gasteiger partial charge in [0, 0.05) is 42.6 Å². The van der Waals surface area contributed by atoms with Crippen molar-refractivity contribution in [3.05, 3.63) is 107 Å². The highest BCUT2D eigenvalue weighted by Crippen LogP contribution is 2.44. The second-order valence-electron chi connectivity index (χ2n) is 10.5. The molecule has 0 saturated carbocycles. The van der Waals surface area contributed by atoms with Crippen molar-refractivity contribution >= 4 is 46.3 Å². The number of carboxylic acid groups (broad SMARTS) is 1. The third-order valence-electron chi connectivity index (χ3n) is 7.89. The largest absolute Gasteiger partial charge is 0.478 e. The standard InChI is InChI=1S/C31H30ClN5O2S/c1-20-12-16-35(17-13-20)26-11-10-23(19-24(26)32)37-29(28(34-31(37)40)25-8-2-3-14-33-25)27-9-5-15-36(27)22-7-4-6-21(18-22)30(38)39/h2-11,14-15,18-20,28-29H,12-13,16-17H2,1H3,(H,34,40)(H,38,39)/t28-,29-/m1/s1. The topological polar surface area (TPSA) is 73.6 Å². The molecule has 204 valence electrons. The SMILES string of the molecule is CC1CCN(c2ccc(N3C(=S)N[C@H](c4ccccn4)[C@H]3c3cccn3-c3cccc(C(=O)O)c3)cc2Cl)CC1. The molecule has 2 saturated heterocycles. The van der Waals surface area contributed by atoms with Crippen LogP contribution in [0.3, 0.4) is 0 Å². The van der Waals surface area contributed by atoms with E-state index in [2.05, 4.69) is 39.2 Å². The average molecular weight is 572 g/mol. The lowest BCUT2D eigenvalue weighted by atomic mass is 9.98. The number of rotatable bonds is 6. The van der Waals surface area contributed by atoms with Crippen LogP contribution in [0.1, 0.15) is 53.6 Å². The van der Waals surface area contributed by atoms with E-state index in [1.54, 1.807) is 24.4 Å². The molecule has 40 heavy (non-hydrogen) atoms. The number of anilines is 2. The highest BCUT2D eigenvalue weighted by Gasteiger charge is 2.42. The van der Waals surface area contributed by atoms with Gasteiger partial charge in [0.15, 0.2) is 5.11 Å². The smallest absolute Gasteiger partial charge is 0.335 e. The number of pyridine rings is 1. The molecule has 7 nitrogen and oxygen atoms in total. The van der Waals surface area contributed by atoms with E-state index in [4.69, 9.17) is 23.8 Å². The van der Waals surface area contributed by atoms with Crippen LogP contribution in [0.4, 0.5) is 11.4 Å². The Hall–Kier alpha value is -3.88. The second kappa shape index (κ2) is 10.9. The molecule has 4 heterocycles. The van der Waals surface area contributed by atoms with Gasteiger partial charge < -0.3 is 24.8 Å². The van der Waals surface area contributed by atoms with Crippen molar-refractivity contribution < 1.29 is 9.90 Å². The van der Waals surface area contributed by atoms with Crippen LogP contribution in [0.25, 0.3) is 5.69 Å². The highest BCUT2D eigenvalue weighted by atomic mass is 35.5. The maximum atomic E-state index is 11.7. The Morgan fingerprint density at radius 3 is 2.58 bits per heavy atom. The summed E-state index contributed by atoms with van der Waals surface area (Å²) in [5.41, 5.74) is 4.70. The number of thiocarbonyl (C=S) groups is 1. The summed E-state index contributed by atoms with van der Waals surface area (Å²) in [6, 6.07) is 22.4. The van der Waals surface area contributed by atoms with Gasteiger partial charge in [0.2, 0.25) is 0 Å². The predicted molar refractivity (Wildman–Crippen MR) is 163 cm³/mol. The van der Waals surface area contributed by atoms with E-state index in [1.807, 2.05) is 53.2 Å². The summed E-state index contributed by atoms with van der Waals surface area (Å²) in [5.74, 6) is -0.232. The van der Waals surface area contributed by atoms with Crippen LogP contribution in [0.5, 0.6) is 0 Å². The van der Waals surface area contributed by atoms with Crippen molar-refractivity contribution in [3.63, 3.8) is 0 Å². The minimum absolute atomic E-state index is 0.227. The maximum Gasteiger partial charge on any atom is 0.335 e. The van der Waals surface area contributed by atoms with Crippen LogP contribution < -0.4 is 15.1 Å². The van der Waals surface area contributed by atoms with E-state index >= 15 is 0 Å². The van der Waals surface area contributed by atoms with Gasteiger partial charge in [0.05, 0.1) is 28.0 Å². The fraction of sp³-hybridized carbons (Fsp3) is 0.258. The number of carboxylic acids is 1. The fourth-order valence-electron chi connectivity index (χ4n) is 5.74. The van der Waals surface area contributed by atoms with Gasteiger partial charge in [0.25, 0.3) is 0 Å². The number of hydrogen-bond acceptors (Lipinski definition) is 4. The normalized spacial score (nSPS) is 19.6. The molecule has 2 aromatic carbocycles. The molecule has 0 unspecified atom stereocenters. The molecular formula is C31H30ClN5O2S. The quantitative estimate of drug-likeness (QED) is 0.251. The molecule has 0 amide bonds. The monoisotopic (exact) mass is 571 g/mol. The lowest BCUT2D eigenvalue weighted by Crippen LogP contribution is -2.33. The van der Waals surface area contributed by atoms with Gasteiger partial charge in [-0.3, -0.25) is 4.98 Å². The summed E-state index contributed by atoms with van der Waals surface area (Å²) in [7, 11) is 0. The summed E-state index contributed by atoms with van der Waals surface area (Å²) in [5, 5.41) is 14.4. The van der Waals surface area contributed by atoms with Gasteiger partial charge in [-0.2, -0.15) is 0 Å². The predicted octanol–water partition coefficient (Wildman–Crippen LogP) is 6.64. The highest BCUT2D eigenvalue weighted by molar-refractivity contribution is 7.80. The van der Waals surface area contributed by atoms with E-state index in [0.29, 0.717) is 10.1 Å². The number of hydrogen-bond donors (Lipinski definition) is 2. The number of piperidine rings is 1. The summed E-state index contributed by atoms with van der Waals surface area (Å²) in [6.07, 6.45) is 6.04. The molecule has 2 aromatic heterocycles. The molecule has 0 aliphatic carbocycles. The molecule has 9 heteroatoms. The third kappa shape index (κ3) is 4.93. The molecule has 4 aromatic rings. The van der Waals surface area contributed by atoms with Crippen molar-refractivity contribution in [1.82, 2.24) is 14.9 Å². The zero-order chi connectivity index (χ0) is 27.8. The van der Waals surface area contributed by atoms with Crippen molar-refractivity contribution in [1.29, 1.82) is 0 Å². The molecule has 2 fully saturated rings. The van der Waals surface area contributed by atoms with Crippen LogP contribution in [-0.4, -0.2) is 38.8 Å². The second-order valence-corrected chi connectivity index (χ2v) is 11.3. The first-order valence-electron chi connectivity index (χ1n) is 13.5. The molecule has 2 atom stereocenters. The Morgan fingerprint density at radius 2 is 1.85 bits per heavy atom. The fourth-order valence-corrected chi connectivity index (χ4v) is 6.38. The Kier molecular flexibility index (Phi) is 7.21. The van der Waals surface area contributed by atoms with Crippen LogP contribution in [0, 0.1) is 5.92 Å². The number of carbonyl (C=O) groups is 1. The molecule has 0 radical (unpaired) electrons. The van der Waals surface area contributed by atoms with E-state index in [1.165, 1.54) is 0 Å². The Bertz CT molecular complexity index is 1550. The van der Waals surface area contributed by atoms with Crippen LogP contribution in [0.15, 0.2) is 85.2 Å². The van der Waals surface area contributed by atoms with Crippen molar-refractivity contribution in [2.75, 3.05) is 22.9 Å². The number of nitrogens with zero attached hydrogens (tertiary/aromatic N) is 4. The van der Waals surface area contributed by atoms with Crippen LogP contribution in [-0.2, 0) is 0 Å². The van der Waals surface area contributed by atoms with E-state index in [0.717, 1.165) is 60.3 Å². The molecular weight excluding hydrogens is 542 g/mol. The molecule has 2 aliphatic rings.